The average Bonchev–Trinajstić information content (AvgIpc) is 2.80. The van der Waals surface area contributed by atoms with E-state index in [1.54, 1.807) is 42.5 Å². The van der Waals surface area contributed by atoms with Crippen molar-refractivity contribution in [1.82, 2.24) is 0 Å². The lowest BCUT2D eigenvalue weighted by Gasteiger charge is -2.08. The van der Waals surface area contributed by atoms with E-state index in [-0.39, 0.29) is 11.2 Å². The first kappa shape index (κ1) is 19.3. The molecule has 0 saturated carbocycles. The quantitative estimate of drug-likeness (QED) is 0.425. The van der Waals surface area contributed by atoms with E-state index in [0.29, 0.717) is 34.6 Å². The van der Waals surface area contributed by atoms with Gasteiger partial charge in [-0.05, 0) is 42.0 Å². The molecule has 3 aromatic carbocycles. The van der Waals surface area contributed by atoms with E-state index in [2.05, 4.69) is 4.74 Å². The predicted molar refractivity (Wildman–Crippen MR) is 111 cm³/mol. The standard InChI is InChI=1S/C24H18O6/c1-27-24(26)17-7-9-18(10-8-17)30-22-15-29-21-13-19(11-12-20(21)23(22)25)28-14-16-5-3-2-4-6-16/h2-13,15H,14H2,1H3. The Kier molecular flexibility index (Phi) is 5.48. The number of esters is 1. The first-order valence-electron chi connectivity index (χ1n) is 9.22. The van der Waals surface area contributed by atoms with Crippen LogP contribution in [0.15, 0.2) is 88.3 Å². The summed E-state index contributed by atoms with van der Waals surface area (Å²) in [5.41, 5.74) is 1.53. The average molecular weight is 402 g/mol. The molecular formula is C24H18O6. The van der Waals surface area contributed by atoms with Gasteiger partial charge in [0.2, 0.25) is 11.2 Å². The van der Waals surface area contributed by atoms with E-state index in [1.807, 2.05) is 30.3 Å². The summed E-state index contributed by atoms with van der Waals surface area (Å²) in [4.78, 5) is 24.2. The molecule has 6 nitrogen and oxygen atoms in total. The lowest BCUT2D eigenvalue weighted by molar-refractivity contribution is 0.0600. The normalized spacial score (nSPS) is 10.6. The van der Waals surface area contributed by atoms with Crippen molar-refractivity contribution in [3.8, 4) is 17.2 Å². The fourth-order valence-electron chi connectivity index (χ4n) is 2.90. The van der Waals surface area contributed by atoms with Crippen molar-refractivity contribution in [3.63, 3.8) is 0 Å². The molecule has 0 fully saturated rings. The van der Waals surface area contributed by atoms with Crippen LogP contribution in [0.4, 0.5) is 0 Å². The van der Waals surface area contributed by atoms with Crippen LogP contribution in [0.3, 0.4) is 0 Å². The van der Waals surface area contributed by atoms with Crippen molar-refractivity contribution in [2.75, 3.05) is 7.11 Å². The molecule has 0 aliphatic heterocycles. The fraction of sp³-hybridized carbons (Fsp3) is 0.0833. The van der Waals surface area contributed by atoms with Crippen molar-refractivity contribution in [2.45, 2.75) is 6.61 Å². The second-order valence-corrected chi connectivity index (χ2v) is 6.48. The van der Waals surface area contributed by atoms with Crippen molar-refractivity contribution < 1.29 is 23.4 Å². The van der Waals surface area contributed by atoms with E-state index >= 15 is 0 Å². The molecule has 0 saturated heterocycles. The molecule has 0 bridgehead atoms. The Bertz CT molecular complexity index is 1230. The highest BCUT2D eigenvalue weighted by molar-refractivity contribution is 5.89. The molecule has 0 aliphatic carbocycles. The van der Waals surface area contributed by atoms with Crippen molar-refractivity contribution >= 4 is 16.9 Å². The number of hydrogen-bond acceptors (Lipinski definition) is 6. The first-order chi connectivity index (χ1) is 14.6. The lowest BCUT2D eigenvalue weighted by Crippen LogP contribution is -2.05. The molecule has 0 aliphatic rings. The molecule has 0 spiro atoms. The molecule has 0 unspecified atom stereocenters. The smallest absolute Gasteiger partial charge is 0.337 e. The maximum Gasteiger partial charge on any atom is 0.337 e. The van der Waals surface area contributed by atoms with Crippen LogP contribution in [0.25, 0.3) is 11.0 Å². The summed E-state index contributed by atoms with van der Waals surface area (Å²) in [6.45, 7) is 0.416. The highest BCUT2D eigenvalue weighted by atomic mass is 16.5. The molecule has 0 N–H and O–H groups in total. The summed E-state index contributed by atoms with van der Waals surface area (Å²) >= 11 is 0. The minimum atomic E-state index is -0.447. The molecule has 0 radical (unpaired) electrons. The van der Waals surface area contributed by atoms with E-state index in [0.717, 1.165) is 5.56 Å². The third-order valence-corrected chi connectivity index (χ3v) is 4.47. The van der Waals surface area contributed by atoms with Gasteiger partial charge in [0.25, 0.3) is 0 Å². The van der Waals surface area contributed by atoms with Gasteiger partial charge in [-0.15, -0.1) is 0 Å². The van der Waals surface area contributed by atoms with E-state index in [4.69, 9.17) is 13.9 Å². The number of methoxy groups -OCH3 is 1. The van der Waals surface area contributed by atoms with Gasteiger partial charge in [-0.25, -0.2) is 4.79 Å². The van der Waals surface area contributed by atoms with Crippen LogP contribution in [0.1, 0.15) is 15.9 Å². The molecular weight excluding hydrogens is 384 g/mol. The van der Waals surface area contributed by atoms with Gasteiger partial charge in [-0.1, -0.05) is 30.3 Å². The summed E-state index contributed by atoms with van der Waals surface area (Å²) in [5.74, 6) is 0.599. The van der Waals surface area contributed by atoms with Gasteiger partial charge in [0.1, 0.15) is 30.0 Å². The number of fused-ring (bicyclic) bond motifs is 1. The van der Waals surface area contributed by atoms with Crippen LogP contribution in [0.2, 0.25) is 0 Å². The summed E-state index contributed by atoms with van der Waals surface area (Å²) in [6, 6.07) is 21.1. The molecule has 4 aromatic rings. The fourth-order valence-corrected chi connectivity index (χ4v) is 2.90. The lowest BCUT2D eigenvalue weighted by atomic mass is 10.2. The minimum absolute atomic E-state index is 0.0475. The Balaban J connectivity index is 1.52. The van der Waals surface area contributed by atoms with Crippen LogP contribution in [-0.2, 0) is 11.3 Å². The molecule has 30 heavy (non-hydrogen) atoms. The summed E-state index contributed by atoms with van der Waals surface area (Å²) in [5, 5.41) is 0.380. The van der Waals surface area contributed by atoms with Gasteiger partial charge in [-0.3, -0.25) is 4.79 Å². The summed E-state index contributed by atoms with van der Waals surface area (Å²) < 4.78 is 21.7. The Morgan fingerprint density at radius 3 is 2.40 bits per heavy atom. The Hall–Kier alpha value is -4.06. The number of ether oxygens (including phenoxy) is 3. The van der Waals surface area contributed by atoms with Crippen molar-refractivity contribution in [1.29, 1.82) is 0 Å². The Morgan fingerprint density at radius 1 is 0.933 bits per heavy atom. The van der Waals surface area contributed by atoms with Gasteiger partial charge < -0.3 is 18.6 Å². The number of carbonyl (C=O) groups excluding carboxylic acids is 1. The van der Waals surface area contributed by atoms with Gasteiger partial charge in [0.15, 0.2) is 0 Å². The summed E-state index contributed by atoms with van der Waals surface area (Å²) in [7, 11) is 1.31. The topological polar surface area (TPSA) is 75.0 Å². The SMILES string of the molecule is COC(=O)c1ccc(Oc2coc3cc(OCc4ccccc4)ccc3c2=O)cc1. The third kappa shape index (κ3) is 4.17. The van der Waals surface area contributed by atoms with Crippen LogP contribution >= 0.6 is 0 Å². The summed E-state index contributed by atoms with van der Waals surface area (Å²) in [6.07, 6.45) is 1.26. The maximum absolute atomic E-state index is 12.7. The zero-order valence-electron chi connectivity index (χ0n) is 16.2. The second kappa shape index (κ2) is 8.53. The first-order valence-corrected chi connectivity index (χ1v) is 9.22. The number of rotatable bonds is 6. The highest BCUT2D eigenvalue weighted by Gasteiger charge is 2.11. The van der Waals surface area contributed by atoms with E-state index in [1.165, 1.54) is 13.4 Å². The largest absolute Gasteiger partial charge is 0.489 e. The Morgan fingerprint density at radius 2 is 1.67 bits per heavy atom. The maximum atomic E-state index is 12.7. The molecule has 1 heterocycles. The predicted octanol–water partition coefficient (Wildman–Crippen LogP) is 4.95. The number of hydrogen-bond donors (Lipinski definition) is 0. The molecule has 4 rings (SSSR count). The number of benzene rings is 3. The van der Waals surface area contributed by atoms with Crippen molar-refractivity contribution in [3.05, 3.63) is 100 Å². The molecule has 6 heteroatoms. The van der Waals surface area contributed by atoms with Gasteiger partial charge in [0, 0.05) is 6.07 Å². The van der Waals surface area contributed by atoms with Crippen LogP contribution in [-0.4, -0.2) is 13.1 Å². The monoisotopic (exact) mass is 402 g/mol. The number of carbonyl (C=O) groups is 1. The second-order valence-electron chi connectivity index (χ2n) is 6.48. The third-order valence-electron chi connectivity index (χ3n) is 4.47. The van der Waals surface area contributed by atoms with Gasteiger partial charge in [0.05, 0.1) is 18.1 Å². The van der Waals surface area contributed by atoms with Gasteiger partial charge >= 0.3 is 5.97 Å². The van der Waals surface area contributed by atoms with Crippen LogP contribution in [0.5, 0.6) is 17.2 Å². The molecule has 150 valence electrons. The Labute approximate surface area is 172 Å². The van der Waals surface area contributed by atoms with Gasteiger partial charge in [-0.2, -0.15) is 0 Å². The molecule has 0 atom stereocenters. The highest BCUT2D eigenvalue weighted by Crippen LogP contribution is 2.25. The molecule has 0 amide bonds. The molecule has 1 aromatic heterocycles. The zero-order valence-corrected chi connectivity index (χ0v) is 16.2. The van der Waals surface area contributed by atoms with Crippen LogP contribution in [0, 0.1) is 0 Å². The zero-order chi connectivity index (χ0) is 20.9. The van der Waals surface area contributed by atoms with E-state index in [9.17, 15) is 9.59 Å². The van der Waals surface area contributed by atoms with Crippen molar-refractivity contribution in [2.24, 2.45) is 0 Å². The van der Waals surface area contributed by atoms with Crippen LogP contribution < -0.4 is 14.9 Å². The van der Waals surface area contributed by atoms with E-state index < -0.39 is 5.97 Å². The minimum Gasteiger partial charge on any atom is -0.489 e.